The molecule has 0 aliphatic heterocycles. The van der Waals surface area contributed by atoms with E-state index in [1.807, 2.05) is 30.3 Å². The smallest absolute Gasteiger partial charge is 0.328 e. The average molecular weight is 381 g/mol. The second-order valence-electron chi connectivity index (χ2n) is 6.08. The summed E-state index contributed by atoms with van der Waals surface area (Å²) in [5.41, 5.74) is 0.206. The van der Waals surface area contributed by atoms with Crippen molar-refractivity contribution in [3.63, 3.8) is 0 Å². The number of carbonyl (C=O) groups is 1. The lowest BCUT2D eigenvalue weighted by molar-refractivity contribution is -0.121. The minimum Gasteiger partial charge on any atom is -0.354 e. The fraction of sp³-hybridized carbons (Fsp3) is 0.211. The largest absolute Gasteiger partial charge is 0.354 e. The summed E-state index contributed by atoms with van der Waals surface area (Å²) in [5.74, 6) is -0.264. The predicted molar refractivity (Wildman–Crippen MR) is 103 cm³/mol. The number of aromatic nitrogens is 4. The Morgan fingerprint density at radius 2 is 1.82 bits per heavy atom. The van der Waals surface area contributed by atoms with Crippen molar-refractivity contribution in [3.8, 4) is 11.3 Å². The van der Waals surface area contributed by atoms with Gasteiger partial charge < -0.3 is 9.88 Å². The van der Waals surface area contributed by atoms with Crippen LogP contribution in [0, 0.1) is 0 Å². The molecule has 0 fully saturated rings. The molecule has 0 saturated heterocycles. The molecule has 144 valence electrons. The highest BCUT2D eigenvalue weighted by Gasteiger charge is 2.05. The molecule has 0 unspecified atom stereocenters. The first-order valence-corrected chi connectivity index (χ1v) is 8.71. The third-order valence-electron chi connectivity index (χ3n) is 4.10. The van der Waals surface area contributed by atoms with Crippen LogP contribution in [0.25, 0.3) is 11.3 Å². The van der Waals surface area contributed by atoms with Gasteiger partial charge in [0.15, 0.2) is 0 Å². The maximum Gasteiger partial charge on any atom is 0.328 e. The summed E-state index contributed by atoms with van der Waals surface area (Å²) in [5, 5.41) is 2.69. The van der Waals surface area contributed by atoms with E-state index in [1.54, 1.807) is 0 Å². The van der Waals surface area contributed by atoms with Gasteiger partial charge in [0.05, 0.1) is 12.0 Å². The van der Waals surface area contributed by atoms with E-state index in [0.29, 0.717) is 5.69 Å². The standard InChI is InChI=1S/C19H19N5O4/c25-16(6-9-23-10-7-17(26)22-19(23)28)20-8-11-24-13-21-15(12-18(24)27)14-4-2-1-3-5-14/h1-5,7,10,12-13H,6,8-9,11H2,(H,20,25)(H,22,26,28). The molecule has 9 nitrogen and oxygen atoms in total. The normalized spacial score (nSPS) is 10.6. The van der Waals surface area contributed by atoms with Crippen LogP contribution in [0.5, 0.6) is 0 Å². The molecule has 0 aliphatic carbocycles. The fourth-order valence-corrected chi connectivity index (χ4v) is 2.61. The van der Waals surface area contributed by atoms with Crippen molar-refractivity contribution in [3.05, 3.63) is 86.2 Å². The number of aromatic amines is 1. The zero-order valence-electron chi connectivity index (χ0n) is 15.0. The van der Waals surface area contributed by atoms with Crippen LogP contribution < -0.4 is 22.1 Å². The summed E-state index contributed by atoms with van der Waals surface area (Å²) in [4.78, 5) is 53.1. The summed E-state index contributed by atoms with van der Waals surface area (Å²) in [6, 6.07) is 12.1. The van der Waals surface area contributed by atoms with Crippen molar-refractivity contribution in [1.29, 1.82) is 0 Å². The predicted octanol–water partition coefficient (Wildman–Crippen LogP) is -0.0332. The molecule has 28 heavy (non-hydrogen) atoms. The zero-order chi connectivity index (χ0) is 19.9. The molecule has 9 heteroatoms. The van der Waals surface area contributed by atoms with Crippen LogP contribution in [-0.2, 0) is 17.9 Å². The molecule has 3 rings (SSSR count). The van der Waals surface area contributed by atoms with Gasteiger partial charge in [-0.2, -0.15) is 0 Å². The first-order valence-electron chi connectivity index (χ1n) is 8.71. The Labute approximate surface area is 159 Å². The maximum absolute atomic E-state index is 12.2. The Balaban J connectivity index is 1.50. The average Bonchev–Trinajstić information content (AvgIpc) is 2.69. The Kier molecular flexibility index (Phi) is 5.95. The lowest BCUT2D eigenvalue weighted by Gasteiger charge is -2.09. The number of hydrogen-bond acceptors (Lipinski definition) is 5. The van der Waals surface area contributed by atoms with Crippen LogP contribution >= 0.6 is 0 Å². The number of benzene rings is 1. The van der Waals surface area contributed by atoms with Crippen molar-refractivity contribution >= 4 is 5.91 Å². The summed E-state index contributed by atoms with van der Waals surface area (Å²) < 4.78 is 2.66. The number of nitrogens with zero attached hydrogens (tertiary/aromatic N) is 3. The lowest BCUT2D eigenvalue weighted by Crippen LogP contribution is -2.33. The van der Waals surface area contributed by atoms with E-state index in [0.717, 1.165) is 5.56 Å². The Morgan fingerprint density at radius 1 is 1.04 bits per heavy atom. The SMILES string of the molecule is O=C(CCn1ccc(=O)[nH]c1=O)NCCn1cnc(-c2ccccc2)cc1=O. The van der Waals surface area contributed by atoms with Crippen LogP contribution in [0.3, 0.4) is 0 Å². The molecule has 2 aromatic heterocycles. The third kappa shape index (κ3) is 4.91. The van der Waals surface area contributed by atoms with E-state index in [9.17, 15) is 19.2 Å². The van der Waals surface area contributed by atoms with E-state index in [4.69, 9.17) is 0 Å². The number of carbonyl (C=O) groups excluding carboxylic acids is 1. The van der Waals surface area contributed by atoms with Crippen molar-refractivity contribution in [1.82, 2.24) is 24.4 Å². The van der Waals surface area contributed by atoms with Crippen LogP contribution in [0.2, 0.25) is 0 Å². The van der Waals surface area contributed by atoms with Crippen LogP contribution in [0.15, 0.2) is 69.4 Å². The Bertz CT molecular complexity index is 1130. The first-order chi connectivity index (χ1) is 13.5. The molecule has 1 aromatic carbocycles. The molecule has 0 spiro atoms. The summed E-state index contributed by atoms with van der Waals surface area (Å²) in [7, 11) is 0. The molecular weight excluding hydrogens is 362 g/mol. The van der Waals surface area contributed by atoms with E-state index < -0.39 is 11.2 Å². The van der Waals surface area contributed by atoms with Gasteiger partial charge in [-0.25, -0.2) is 9.78 Å². The molecule has 1 amide bonds. The van der Waals surface area contributed by atoms with E-state index in [-0.39, 0.29) is 37.5 Å². The third-order valence-corrected chi connectivity index (χ3v) is 4.10. The molecule has 0 aliphatic rings. The van der Waals surface area contributed by atoms with Crippen molar-refractivity contribution in [2.75, 3.05) is 6.54 Å². The molecule has 3 aromatic rings. The molecule has 0 atom stereocenters. The minimum atomic E-state index is -0.559. The molecule has 0 radical (unpaired) electrons. The molecule has 2 N–H and O–H groups in total. The van der Waals surface area contributed by atoms with Gasteiger partial charge in [0.1, 0.15) is 0 Å². The Hall–Kier alpha value is -3.75. The minimum absolute atomic E-state index is 0.0754. The van der Waals surface area contributed by atoms with Gasteiger partial charge in [-0.3, -0.25) is 23.9 Å². The Morgan fingerprint density at radius 3 is 2.54 bits per heavy atom. The fourth-order valence-electron chi connectivity index (χ4n) is 2.61. The van der Waals surface area contributed by atoms with Crippen molar-refractivity contribution in [2.45, 2.75) is 19.5 Å². The highest BCUT2D eigenvalue weighted by molar-refractivity contribution is 5.75. The molecule has 0 bridgehead atoms. The number of hydrogen-bond donors (Lipinski definition) is 2. The second-order valence-corrected chi connectivity index (χ2v) is 6.08. The van der Waals surface area contributed by atoms with Crippen molar-refractivity contribution in [2.24, 2.45) is 0 Å². The zero-order valence-corrected chi connectivity index (χ0v) is 15.0. The van der Waals surface area contributed by atoms with Gasteiger partial charge in [0, 0.05) is 49.9 Å². The number of rotatable bonds is 7. The quantitative estimate of drug-likeness (QED) is 0.596. The van der Waals surface area contributed by atoms with Crippen molar-refractivity contribution < 1.29 is 4.79 Å². The number of aryl methyl sites for hydroxylation is 1. The van der Waals surface area contributed by atoms with E-state index >= 15 is 0 Å². The maximum atomic E-state index is 12.2. The van der Waals surface area contributed by atoms with Gasteiger partial charge in [-0.1, -0.05) is 30.3 Å². The van der Waals surface area contributed by atoms with Crippen LogP contribution in [-0.4, -0.2) is 31.6 Å². The number of H-pyrrole nitrogens is 1. The van der Waals surface area contributed by atoms with Crippen LogP contribution in [0.4, 0.5) is 0 Å². The van der Waals surface area contributed by atoms with Gasteiger partial charge in [0.2, 0.25) is 5.91 Å². The van der Waals surface area contributed by atoms with Crippen LogP contribution in [0.1, 0.15) is 6.42 Å². The topological polar surface area (TPSA) is 119 Å². The highest BCUT2D eigenvalue weighted by Crippen LogP contribution is 2.13. The van der Waals surface area contributed by atoms with E-state index in [2.05, 4.69) is 15.3 Å². The first kappa shape index (κ1) is 19.0. The van der Waals surface area contributed by atoms with Gasteiger partial charge in [-0.15, -0.1) is 0 Å². The highest BCUT2D eigenvalue weighted by atomic mass is 16.2. The summed E-state index contributed by atoms with van der Waals surface area (Å²) in [6.45, 7) is 0.686. The lowest BCUT2D eigenvalue weighted by atomic mass is 10.1. The monoisotopic (exact) mass is 381 g/mol. The second kappa shape index (κ2) is 8.76. The molecular formula is C19H19N5O4. The van der Waals surface area contributed by atoms with Gasteiger partial charge in [-0.05, 0) is 0 Å². The molecule has 0 saturated carbocycles. The van der Waals surface area contributed by atoms with Gasteiger partial charge >= 0.3 is 5.69 Å². The van der Waals surface area contributed by atoms with Gasteiger partial charge in [0.25, 0.3) is 11.1 Å². The van der Waals surface area contributed by atoms with E-state index in [1.165, 1.54) is 33.8 Å². The summed E-state index contributed by atoms with van der Waals surface area (Å²) >= 11 is 0. The molecule has 2 heterocycles. The number of amides is 1. The number of nitrogens with one attached hydrogen (secondary N) is 2. The summed E-state index contributed by atoms with van der Waals surface area (Å²) in [6.07, 6.45) is 2.87.